The SMILES string of the molecule is O=C(N[C@@H]1CCCOC1)N1CCN(Cc2cscn2)CC1. The number of ether oxygens (including phenoxy) is 1. The molecule has 1 N–H and O–H groups in total. The molecule has 1 aromatic rings. The van der Waals surface area contributed by atoms with E-state index in [1.165, 1.54) is 0 Å². The van der Waals surface area contributed by atoms with Crippen LogP contribution >= 0.6 is 11.3 Å². The second-order valence-electron chi connectivity index (χ2n) is 5.61. The van der Waals surface area contributed by atoms with Gasteiger partial charge in [0.2, 0.25) is 0 Å². The van der Waals surface area contributed by atoms with Crippen molar-refractivity contribution in [3.05, 3.63) is 16.6 Å². The second kappa shape index (κ2) is 7.20. The van der Waals surface area contributed by atoms with Gasteiger partial charge in [0.15, 0.2) is 0 Å². The van der Waals surface area contributed by atoms with Gasteiger partial charge in [0.25, 0.3) is 0 Å². The maximum Gasteiger partial charge on any atom is 0.317 e. The molecule has 0 radical (unpaired) electrons. The first-order valence-corrected chi connectivity index (χ1v) is 8.48. The number of thiazole rings is 1. The molecule has 2 aliphatic heterocycles. The van der Waals surface area contributed by atoms with E-state index in [4.69, 9.17) is 4.74 Å². The van der Waals surface area contributed by atoms with Crippen LogP contribution in [0.1, 0.15) is 18.5 Å². The number of carbonyl (C=O) groups is 1. The molecular weight excluding hydrogens is 288 g/mol. The molecule has 3 rings (SSSR count). The molecule has 3 heterocycles. The van der Waals surface area contributed by atoms with Crippen LogP contribution in [0.25, 0.3) is 0 Å². The van der Waals surface area contributed by atoms with Crippen LogP contribution in [0.2, 0.25) is 0 Å². The van der Waals surface area contributed by atoms with Crippen LogP contribution < -0.4 is 5.32 Å². The fourth-order valence-corrected chi connectivity index (χ4v) is 3.32. The van der Waals surface area contributed by atoms with Crippen molar-refractivity contribution in [2.75, 3.05) is 39.4 Å². The molecule has 1 atom stereocenters. The van der Waals surface area contributed by atoms with Gasteiger partial charge in [-0.1, -0.05) is 0 Å². The zero-order valence-corrected chi connectivity index (χ0v) is 13.0. The number of amides is 2. The van der Waals surface area contributed by atoms with Gasteiger partial charge < -0.3 is 15.0 Å². The lowest BCUT2D eigenvalue weighted by Crippen LogP contribution is -2.54. The molecule has 2 fully saturated rings. The average molecular weight is 310 g/mol. The van der Waals surface area contributed by atoms with E-state index in [1.54, 1.807) is 11.3 Å². The number of urea groups is 1. The van der Waals surface area contributed by atoms with Gasteiger partial charge in [-0.25, -0.2) is 9.78 Å². The van der Waals surface area contributed by atoms with Gasteiger partial charge in [0.05, 0.1) is 23.9 Å². The van der Waals surface area contributed by atoms with Crippen LogP contribution in [0.15, 0.2) is 10.9 Å². The Kier molecular flexibility index (Phi) is 5.05. The number of rotatable bonds is 3. The maximum atomic E-state index is 12.2. The van der Waals surface area contributed by atoms with Gasteiger partial charge in [-0.15, -0.1) is 11.3 Å². The lowest BCUT2D eigenvalue weighted by atomic mass is 10.1. The van der Waals surface area contributed by atoms with Crippen molar-refractivity contribution in [2.24, 2.45) is 0 Å². The van der Waals surface area contributed by atoms with Crippen molar-refractivity contribution in [3.63, 3.8) is 0 Å². The van der Waals surface area contributed by atoms with E-state index >= 15 is 0 Å². The first-order chi connectivity index (χ1) is 10.3. The Morgan fingerprint density at radius 1 is 1.43 bits per heavy atom. The smallest absolute Gasteiger partial charge is 0.317 e. The van der Waals surface area contributed by atoms with Crippen LogP contribution in [0.4, 0.5) is 4.79 Å². The second-order valence-corrected chi connectivity index (χ2v) is 6.33. The fraction of sp³-hybridized carbons (Fsp3) is 0.714. The minimum atomic E-state index is 0.0545. The monoisotopic (exact) mass is 310 g/mol. The molecule has 7 heteroatoms. The van der Waals surface area contributed by atoms with Gasteiger partial charge in [-0.05, 0) is 12.8 Å². The number of hydrogen-bond donors (Lipinski definition) is 1. The van der Waals surface area contributed by atoms with Crippen LogP contribution in [0.5, 0.6) is 0 Å². The molecule has 21 heavy (non-hydrogen) atoms. The van der Waals surface area contributed by atoms with E-state index in [1.807, 2.05) is 10.4 Å². The molecule has 116 valence electrons. The Hall–Kier alpha value is -1.18. The van der Waals surface area contributed by atoms with Gasteiger partial charge >= 0.3 is 6.03 Å². The Labute approximate surface area is 129 Å². The fourth-order valence-electron chi connectivity index (χ4n) is 2.77. The summed E-state index contributed by atoms with van der Waals surface area (Å²) >= 11 is 1.63. The maximum absolute atomic E-state index is 12.2. The summed E-state index contributed by atoms with van der Waals surface area (Å²) in [5, 5.41) is 5.17. The third kappa shape index (κ3) is 4.15. The van der Waals surface area contributed by atoms with Crippen LogP contribution in [0, 0.1) is 0 Å². The van der Waals surface area contributed by atoms with Crippen LogP contribution in [-0.2, 0) is 11.3 Å². The molecule has 0 aliphatic carbocycles. The Morgan fingerprint density at radius 3 is 2.95 bits per heavy atom. The van der Waals surface area contributed by atoms with Crippen molar-refractivity contribution < 1.29 is 9.53 Å². The number of nitrogens with zero attached hydrogens (tertiary/aromatic N) is 3. The third-order valence-electron chi connectivity index (χ3n) is 4.02. The molecule has 2 aliphatic rings. The molecule has 0 spiro atoms. The zero-order valence-electron chi connectivity index (χ0n) is 12.2. The van der Waals surface area contributed by atoms with Crippen LogP contribution in [-0.4, -0.2) is 66.2 Å². The van der Waals surface area contributed by atoms with Gasteiger partial charge in [0, 0.05) is 44.7 Å². The molecule has 0 aromatic carbocycles. The van der Waals surface area contributed by atoms with Gasteiger partial charge in [0.1, 0.15) is 0 Å². The predicted molar refractivity (Wildman–Crippen MR) is 81.3 cm³/mol. The van der Waals surface area contributed by atoms with Crippen molar-refractivity contribution in [2.45, 2.75) is 25.4 Å². The summed E-state index contributed by atoms with van der Waals surface area (Å²) in [5.74, 6) is 0. The predicted octanol–water partition coefficient (Wildman–Crippen LogP) is 1.15. The Bertz CT molecular complexity index is 440. The Morgan fingerprint density at radius 2 is 2.29 bits per heavy atom. The molecule has 0 bridgehead atoms. The summed E-state index contributed by atoms with van der Waals surface area (Å²) in [6.07, 6.45) is 2.06. The summed E-state index contributed by atoms with van der Waals surface area (Å²) < 4.78 is 5.40. The highest BCUT2D eigenvalue weighted by Gasteiger charge is 2.24. The highest BCUT2D eigenvalue weighted by molar-refractivity contribution is 7.07. The molecule has 1 aromatic heterocycles. The van der Waals surface area contributed by atoms with E-state index in [-0.39, 0.29) is 12.1 Å². The normalized spacial score (nSPS) is 24.0. The minimum Gasteiger partial charge on any atom is -0.379 e. The molecule has 2 amide bonds. The first-order valence-electron chi connectivity index (χ1n) is 7.54. The standard InChI is InChI=1S/C14H22N4O2S/c19-14(16-12-2-1-7-20-9-12)18-5-3-17(4-6-18)8-13-10-21-11-15-13/h10-12H,1-9H2,(H,16,19)/t12-/m1/s1. The number of nitrogens with one attached hydrogen (secondary N) is 1. The van der Waals surface area contributed by atoms with E-state index in [9.17, 15) is 4.79 Å². The van der Waals surface area contributed by atoms with E-state index in [0.29, 0.717) is 6.61 Å². The average Bonchev–Trinajstić information content (AvgIpc) is 3.02. The highest BCUT2D eigenvalue weighted by atomic mass is 32.1. The van der Waals surface area contributed by atoms with Crippen molar-refractivity contribution in [1.82, 2.24) is 20.1 Å². The van der Waals surface area contributed by atoms with Crippen LogP contribution in [0.3, 0.4) is 0 Å². The summed E-state index contributed by atoms with van der Waals surface area (Å²) in [5.41, 5.74) is 2.99. The molecule has 0 saturated carbocycles. The largest absolute Gasteiger partial charge is 0.379 e. The molecule has 6 nitrogen and oxygen atoms in total. The van der Waals surface area contributed by atoms with Gasteiger partial charge in [-0.2, -0.15) is 0 Å². The number of piperazine rings is 1. The van der Waals surface area contributed by atoms with Gasteiger partial charge in [-0.3, -0.25) is 4.90 Å². The van der Waals surface area contributed by atoms with Crippen molar-refractivity contribution >= 4 is 17.4 Å². The number of hydrogen-bond acceptors (Lipinski definition) is 5. The number of carbonyl (C=O) groups excluding carboxylic acids is 1. The van der Waals surface area contributed by atoms with E-state index in [0.717, 1.165) is 57.9 Å². The van der Waals surface area contributed by atoms with Crippen molar-refractivity contribution in [1.29, 1.82) is 0 Å². The minimum absolute atomic E-state index is 0.0545. The lowest BCUT2D eigenvalue weighted by Gasteiger charge is -2.35. The molecular formula is C14H22N4O2S. The topological polar surface area (TPSA) is 57.7 Å². The third-order valence-corrected chi connectivity index (χ3v) is 4.65. The quantitative estimate of drug-likeness (QED) is 0.910. The summed E-state index contributed by atoms with van der Waals surface area (Å²) in [4.78, 5) is 20.8. The van der Waals surface area contributed by atoms with E-state index in [2.05, 4.69) is 20.6 Å². The zero-order chi connectivity index (χ0) is 14.5. The number of aromatic nitrogens is 1. The van der Waals surface area contributed by atoms with Crippen molar-refractivity contribution in [3.8, 4) is 0 Å². The summed E-state index contributed by atoms with van der Waals surface area (Å²) in [6.45, 7) is 5.73. The summed E-state index contributed by atoms with van der Waals surface area (Å²) in [6, 6.07) is 0.234. The first kappa shape index (κ1) is 14.7. The molecule has 0 unspecified atom stereocenters. The highest BCUT2D eigenvalue weighted by Crippen LogP contribution is 2.10. The lowest BCUT2D eigenvalue weighted by molar-refractivity contribution is 0.0681. The Balaban J connectivity index is 1.41. The molecule has 2 saturated heterocycles. The summed E-state index contributed by atoms with van der Waals surface area (Å²) in [7, 11) is 0. The van der Waals surface area contributed by atoms with E-state index < -0.39 is 0 Å².